The predicted octanol–water partition coefficient (Wildman–Crippen LogP) is 5.30. The van der Waals surface area contributed by atoms with Crippen LogP contribution in [0.4, 0.5) is 0 Å². The van der Waals surface area contributed by atoms with Crippen molar-refractivity contribution in [3.63, 3.8) is 0 Å². The molecule has 0 amide bonds. The number of benzene rings is 1. The summed E-state index contributed by atoms with van der Waals surface area (Å²) in [6.07, 6.45) is 0.640. The molecule has 0 aliphatic rings. The van der Waals surface area contributed by atoms with Crippen LogP contribution in [0.25, 0.3) is 10.9 Å². The molecule has 142 valence electrons. The van der Waals surface area contributed by atoms with Gasteiger partial charge in [0.05, 0.1) is 37.2 Å². The second-order valence-electron chi connectivity index (χ2n) is 6.48. The molecule has 27 heavy (non-hydrogen) atoms. The Morgan fingerprint density at radius 3 is 2.63 bits per heavy atom. The smallest absolute Gasteiger partial charge is 0.202 e. The molecular weight excluding hydrogens is 407 g/mol. The number of aromatic nitrogens is 2. The summed E-state index contributed by atoms with van der Waals surface area (Å²) < 4.78 is 5.06. The predicted molar refractivity (Wildman–Crippen MR) is 109 cm³/mol. The highest BCUT2D eigenvalue weighted by molar-refractivity contribution is 7.99. The number of H-pyrrole nitrogens is 1. The minimum Gasteiger partial charge on any atom is -0.361 e. The molecule has 3 rings (SSSR count). The number of fused-ring (bicyclic) bond motifs is 1. The summed E-state index contributed by atoms with van der Waals surface area (Å²) >= 11 is 13.8. The monoisotopic (exact) mass is 424 g/mol. The third kappa shape index (κ3) is 4.08. The maximum absolute atomic E-state index is 13.1. The molecule has 3 aromatic rings. The Morgan fingerprint density at radius 2 is 2.00 bits per heavy atom. The number of pyridine rings is 1. The van der Waals surface area contributed by atoms with E-state index in [1.165, 1.54) is 11.8 Å². The normalized spacial score (nSPS) is 11.5. The van der Waals surface area contributed by atoms with Crippen LogP contribution in [0, 0.1) is 12.8 Å². The van der Waals surface area contributed by atoms with Crippen LogP contribution in [-0.2, 0) is 6.42 Å². The highest BCUT2D eigenvalue weighted by Gasteiger charge is 2.23. The van der Waals surface area contributed by atoms with E-state index in [0.29, 0.717) is 27.7 Å². The molecule has 1 N–H and O–H groups in total. The van der Waals surface area contributed by atoms with Crippen LogP contribution in [0.3, 0.4) is 0 Å². The Labute approximate surface area is 170 Å². The lowest BCUT2D eigenvalue weighted by Gasteiger charge is -2.13. The fourth-order valence-electron chi connectivity index (χ4n) is 2.71. The molecule has 0 aliphatic carbocycles. The third-order valence-corrected chi connectivity index (χ3v) is 5.71. The van der Waals surface area contributed by atoms with Gasteiger partial charge in [0, 0.05) is 24.2 Å². The van der Waals surface area contributed by atoms with Crippen molar-refractivity contribution in [2.24, 2.45) is 5.92 Å². The van der Waals surface area contributed by atoms with Gasteiger partial charge >= 0.3 is 0 Å². The maximum Gasteiger partial charge on any atom is 0.202 e. The van der Waals surface area contributed by atoms with Crippen molar-refractivity contribution >= 4 is 51.6 Å². The van der Waals surface area contributed by atoms with Crippen LogP contribution in [0.15, 0.2) is 32.5 Å². The van der Waals surface area contributed by atoms with Gasteiger partial charge in [0.1, 0.15) is 5.76 Å². The average molecular weight is 425 g/mol. The number of aromatic amines is 1. The molecule has 1 aromatic carbocycles. The Bertz CT molecular complexity index is 1070. The molecule has 0 spiro atoms. The molecule has 0 bridgehead atoms. The first-order valence-corrected chi connectivity index (χ1v) is 10.2. The number of halogens is 2. The van der Waals surface area contributed by atoms with E-state index in [1.54, 1.807) is 26.0 Å². The van der Waals surface area contributed by atoms with Gasteiger partial charge in [-0.25, -0.2) is 0 Å². The topological polar surface area (TPSA) is 76.0 Å². The molecule has 0 atom stereocenters. The molecule has 0 radical (unpaired) electrons. The van der Waals surface area contributed by atoms with Gasteiger partial charge in [-0.2, -0.15) is 0 Å². The van der Waals surface area contributed by atoms with Crippen molar-refractivity contribution in [3.05, 3.63) is 55.5 Å². The average Bonchev–Trinajstić information content (AvgIpc) is 3.02. The number of Topliss-reactive ketones (excluding diaryl/α,β-unsaturated/α-hetero) is 1. The Kier molecular flexibility index (Phi) is 5.99. The van der Waals surface area contributed by atoms with Gasteiger partial charge in [-0.1, -0.05) is 42.2 Å². The van der Waals surface area contributed by atoms with Gasteiger partial charge in [-0.05, 0) is 19.1 Å². The van der Waals surface area contributed by atoms with E-state index in [-0.39, 0.29) is 27.7 Å². The van der Waals surface area contributed by atoms with Crippen molar-refractivity contribution in [1.82, 2.24) is 10.1 Å². The van der Waals surface area contributed by atoms with Crippen molar-refractivity contribution < 1.29 is 9.32 Å². The Hall–Kier alpha value is -1.76. The third-order valence-electron chi connectivity index (χ3n) is 4.08. The molecular formula is C19H18Cl2N2O3S. The standard InChI is InChI=1S/C19H18Cl2N2O3S/c1-9(2)17(24)15-18(25)14-12(20)4-5-13(21)16(14)22-19(15)27-7-6-11-8-10(3)26-23-11/h4-5,8-9H,6-7H2,1-3H3,(H,22,25). The summed E-state index contributed by atoms with van der Waals surface area (Å²) in [5.74, 6) is 0.809. The molecule has 2 aromatic heterocycles. The first kappa shape index (κ1) is 20.0. The quantitative estimate of drug-likeness (QED) is 0.428. The number of hydrogen-bond donors (Lipinski definition) is 1. The zero-order valence-corrected chi connectivity index (χ0v) is 17.4. The maximum atomic E-state index is 13.1. The van der Waals surface area contributed by atoms with Gasteiger partial charge in [0.25, 0.3) is 0 Å². The number of ketones is 1. The largest absolute Gasteiger partial charge is 0.361 e. The molecule has 5 nitrogen and oxygen atoms in total. The first-order chi connectivity index (χ1) is 12.8. The second kappa shape index (κ2) is 8.09. The Morgan fingerprint density at radius 1 is 1.30 bits per heavy atom. The molecule has 0 fully saturated rings. The SMILES string of the molecule is Cc1cc(CCSc2[nH]c3c(Cl)ccc(Cl)c3c(=O)c2C(=O)C(C)C)no1. The summed E-state index contributed by atoms with van der Waals surface area (Å²) in [5, 5.41) is 5.34. The molecule has 0 unspecified atom stereocenters. The summed E-state index contributed by atoms with van der Waals surface area (Å²) in [6, 6.07) is 5.05. The number of nitrogens with zero attached hydrogens (tertiary/aromatic N) is 1. The van der Waals surface area contributed by atoms with E-state index in [9.17, 15) is 9.59 Å². The number of carbonyl (C=O) groups is 1. The van der Waals surface area contributed by atoms with Crippen LogP contribution in [-0.4, -0.2) is 21.7 Å². The molecule has 0 saturated heterocycles. The second-order valence-corrected chi connectivity index (χ2v) is 8.40. The van der Waals surface area contributed by atoms with Gasteiger partial charge in [0.15, 0.2) is 5.78 Å². The fraction of sp³-hybridized carbons (Fsp3) is 0.316. The van der Waals surface area contributed by atoms with E-state index < -0.39 is 5.43 Å². The minimum absolute atomic E-state index is 0.128. The highest BCUT2D eigenvalue weighted by atomic mass is 35.5. The van der Waals surface area contributed by atoms with Gasteiger partial charge < -0.3 is 9.51 Å². The summed E-state index contributed by atoms with van der Waals surface area (Å²) in [5.41, 5.74) is 0.993. The summed E-state index contributed by atoms with van der Waals surface area (Å²) in [6.45, 7) is 5.35. The van der Waals surface area contributed by atoms with E-state index >= 15 is 0 Å². The lowest BCUT2D eigenvalue weighted by molar-refractivity contribution is 0.0935. The van der Waals surface area contributed by atoms with Crippen LogP contribution in [0.2, 0.25) is 10.0 Å². The van der Waals surface area contributed by atoms with Gasteiger partial charge in [-0.15, -0.1) is 11.8 Å². The molecule has 2 heterocycles. The van der Waals surface area contributed by atoms with E-state index in [4.69, 9.17) is 27.7 Å². The Balaban J connectivity index is 2.06. The van der Waals surface area contributed by atoms with Gasteiger partial charge in [0.2, 0.25) is 5.43 Å². The van der Waals surface area contributed by atoms with Crippen LogP contribution >= 0.6 is 35.0 Å². The number of aryl methyl sites for hydroxylation is 2. The van der Waals surface area contributed by atoms with E-state index in [2.05, 4.69) is 10.1 Å². The van der Waals surface area contributed by atoms with Crippen molar-refractivity contribution in [1.29, 1.82) is 0 Å². The molecule has 0 aliphatic heterocycles. The molecule has 0 saturated carbocycles. The number of rotatable bonds is 6. The van der Waals surface area contributed by atoms with Crippen molar-refractivity contribution in [3.8, 4) is 0 Å². The minimum atomic E-state index is -0.394. The molecule has 8 heteroatoms. The first-order valence-electron chi connectivity index (χ1n) is 8.42. The number of carbonyl (C=O) groups excluding carboxylic acids is 1. The lowest BCUT2D eigenvalue weighted by atomic mass is 10.0. The van der Waals surface area contributed by atoms with Crippen LogP contribution in [0.1, 0.15) is 35.7 Å². The number of nitrogens with one attached hydrogen (secondary N) is 1. The van der Waals surface area contributed by atoms with E-state index in [1.807, 2.05) is 13.0 Å². The highest BCUT2D eigenvalue weighted by Crippen LogP contribution is 2.31. The van der Waals surface area contributed by atoms with Crippen molar-refractivity contribution in [2.45, 2.75) is 32.2 Å². The van der Waals surface area contributed by atoms with Gasteiger partial charge in [-0.3, -0.25) is 9.59 Å². The van der Waals surface area contributed by atoms with Crippen molar-refractivity contribution in [2.75, 3.05) is 5.75 Å². The summed E-state index contributed by atoms with van der Waals surface area (Å²) in [4.78, 5) is 29.0. The zero-order chi connectivity index (χ0) is 19.7. The van der Waals surface area contributed by atoms with Crippen LogP contribution < -0.4 is 5.43 Å². The number of thioether (sulfide) groups is 1. The van der Waals surface area contributed by atoms with Crippen LogP contribution in [0.5, 0.6) is 0 Å². The fourth-order valence-corrected chi connectivity index (χ4v) is 4.19. The summed E-state index contributed by atoms with van der Waals surface area (Å²) in [7, 11) is 0. The lowest BCUT2D eigenvalue weighted by Crippen LogP contribution is -2.22. The van der Waals surface area contributed by atoms with E-state index in [0.717, 1.165) is 11.5 Å². The zero-order valence-electron chi connectivity index (χ0n) is 15.1. The number of hydrogen-bond acceptors (Lipinski definition) is 5.